The molecule has 0 saturated carbocycles. The second kappa shape index (κ2) is 7.36. The molecule has 0 spiro atoms. The van der Waals surface area contributed by atoms with E-state index in [9.17, 15) is 4.79 Å². The number of esters is 1. The van der Waals surface area contributed by atoms with Crippen LogP contribution in [-0.4, -0.2) is 22.6 Å². The van der Waals surface area contributed by atoms with Gasteiger partial charge in [-0.1, -0.05) is 60.3 Å². The normalized spacial score (nSPS) is 13.2. The van der Waals surface area contributed by atoms with Gasteiger partial charge in [-0.2, -0.15) is 0 Å². The van der Waals surface area contributed by atoms with Gasteiger partial charge >= 0.3 is 5.97 Å². The van der Waals surface area contributed by atoms with Crippen LogP contribution in [0.5, 0.6) is 0 Å². The molecule has 0 aliphatic rings. The molecule has 1 unspecified atom stereocenters. The first kappa shape index (κ1) is 16.3. The Balaban J connectivity index is 2.14. The van der Waals surface area contributed by atoms with E-state index in [1.807, 2.05) is 71.4 Å². The lowest BCUT2D eigenvalue weighted by molar-refractivity contribution is -0.141. The van der Waals surface area contributed by atoms with Crippen molar-refractivity contribution in [1.29, 1.82) is 0 Å². The van der Waals surface area contributed by atoms with Gasteiger partial charge in [0.05, 0.1) is 19.9 Å². The molecule has 0 aliphatic carbocycles. The lowest BCUT2D eigenvalue weighted by Crippen LogP contribution is -2.33. The third kappa shape index (κ3) is 3.36. The quantitative estimate of drug-likeness (QED) is 0.504. The Labute approximate surface area is 145 Å². The number of nitrogens with zero attached hydrogens (tertiary/aromatic N) is 2. The summed E-state index contributed by atoms with van der Waals surface area (Å²) in [4.78, 5) is 16.8. The first-order valence-corrected chi connectivity index (χ1v) is 8.41. The molecule has 4 nitrogen and oxygen atoms in total. The van der Waals surface area contributed by atoms with Crippen LogP contribution >= 0.6 is 11.8 Å². The van der Waals surface area contributed by atoms with Crippen LogP contribution in [-0.2, 0) is 14.4 Å². The van der Waals surface area contributed by atoms with E-state index in [2.05, 4.69) is 4.98 Å². The number of imidazole rings is 1. The third-order valence-electron chi connectivity index (χ3n) is 3.79. The van der Waals surface area contributed by atoms with Crippen LogP contribution in [0.4, 0.5) is 0 Å². The smallest absolute Gasteiger partial charge is 0.309 e. The minimum Gasteiger partial charge on any atom is -0.469 e. The highest BCUT2D eigenvalue weighted by Gasteiger charge is 2.38. The number of benzene rings is 2. The summed E-state index contributed by atoms with van der Waals surface area (Å²) in [6.45, 7) is 0. The molecule has 3 rings (SSSR count). The number of rotatable bonds is 6. The first-order valence-electron chi connectivity index (χ1n) is 7.59. The second-order valence-electron chi connectivity index (χ2n) is 5.29. The Kier molecular flexibility index (Phi) is 5.01. The molecule has 0 radical (unpaired) electrons. The summed E-state index contributed by atoms with van der Waals surface area (Å²) >= 11 is 1.61. The highest BCUT2D eigenvalue weighted by atomic mass is 32.2. The van der Waals surface area contributed by atoms with Gasteiger partial charge in [-0.05, 0) is 17.7 Å². The van der Waals surface area contributed by atoms with Crippen LogP contribution in [0.3, 0.4) is 0 Å². The number of ether oxygens (including phenoxy) is 1. The number of hydrogen-bond donors (Lipinski definition) is 0. The van der Waals surface area contributed by atoms with Gasteiger partial charge in [-0.15, -0.1) is 0 Å². The summed E-state index contributed by atoms with van der Waals surface area (Å²) in [5.74, 6) is -0.268. The summed E-state index contributed by atoms with van der Waals surface area (Å²) < 4.78 is 6.95. The Bertz CT molecular complexity index is 776. The van der Waals surface area contributed by atoms with Gasteiger partial charge in [0.15, 0.2) is 0 Å². The Morgan fingerprint density at radius 2 is 1.79 bits per heavy atom. The predicted molar refractivity (Wildman–Crippen MR) is 94.7 cm³/mol. The number of hydrogen-bond acceptors (Lipinski definition) is 4. The van der Waals surface area contributed by atoms with Gasteiger partial charge in [0.1, 0.15) is 4.87 Å². The van der Waals surface area contributed by atoms with Crippen molar-refractivity contribution in [1.82, 2.24) is 9.55 Å². The Morgan fingerprint density at radius 1 is 1.12 bits per heavy atom. The molecule has 1 atom stereocenters. The maximum Gasteiger partial charge on any atom is 0.309 e. The minimum atomic E-state index is -0.661. The van der Waals surface area contributed by atoms with Crippen molar-refractivity contribution >= 4 is 17.7 Å². The lowest BCUT2D eigenvalue weighted by Gasteiger charge is -2.34. The van der Waals surface area contributed by atoms with Gasteiger partial charge in [0.2, 0.25) is 0 Å². The monoisotopic (exact) mass is 338 g/mol. The zero-order chi connectivity index (χ0) is 16.8. The number of carbonyl (C=O) groups is 1. The van der Waals surface area contributed by atoms with Crippen LogP contribution in [0.2, 0.25) is 0 Å². The molecule has 0 amide bonds. The summed E-state index contributed by atoms with van der Waals surface area (Å²) in [5.41, 5.74) is 1.02. The SMILES string of the molecule is COC(=O)CC(Sc1ccccc1)(c1ccccc1)n1ccnc1. The average Bonchev–Trinajstić information content (AvgIpc) is 3.18. The van der Waals surface area contributed by atoms with Crippen molar-refractivity contribution in [2.45, 2.75) is 16.2 Å². The summed E-state index contributed by atoms with van der Waals surface area (Å²) in [6.07, 6.45) is 5.54. The fourth-order valence-corrected chi connectivity index (χ4v) is 3.95. The zero-order valence-electron chi connectivity index (χ0n) is 13.3. The minimum absolute atomic E-state index is 0.198. The molecule has 1 aromatic heterocycles. The third-order valence-corrected chi connectivity index (χ3v) is 5.22. The van der Waals surface area contributed by atoms with E-state index in [0.717, 1.165) is 10.5 Å². The highest BCUT2D eigenvalue weighted by Crippen LogP contribution is 2.45. The van der Waals surface area contributed by atoms with Gasteiger partial charge < -0.3 is 9.30 Å². The average molecular weight is 338 g/mol. The molecular formula is C19H18N2O2S. The van der Waals surface area contributed by atoms with Crippen molar-refractivity contribution in [3.05, 3.63) is 84.9 Å². The summed E-state index contributed by atoms with van der Waals surface area (Å²) in [5, 5.41) is 0. The molecule has 0 fully saturated rings. The van der Waals surface area contributed by atoms with E-state index in [0.29, 0.717) is 0 Å². The molecule has 0 N–H and O–H groups in total. The van der Waals surface area contributed by atoms with E-state index in [1.165, 1.54) is 7.11 Å². The predicted octanol–water partition coefficient (Wildman–Crippen LogP) is 3.94. The largest absolute Gasteiger partial charge is 0.469 e. The topological polar surface area (TPSA) is 44.1 Å². The highest BCUT2D eigenvalue weighted by molar-refractivity contribution is 8.00. The zero-order valence-corrected chi connectivity index (χ0v) is 14.1. The van der Waals surface area contributed by atoms with E-state index in [1.54, 1.807) is 24.3 Å². The van der Waals surface area contributed by atoms with E-state index < -0.39 is 4.87 Å². The number of methoxy groups -OCH3 is 1. The molecule has 24 heavy (non-hydrogen) atoms. The molecule has 0 saturated heterocycles. The fraction of sp³-hybridized carbons (Fsp3) is 0.158. The molecule has 0 bridgehead atoms. The molecule has 0 aliphatic heterocycles. The van der Waals surface area contributed by atoms with Crippen molar-refractivity contribution in [2.24, 2.45) is 0 Å². The number of thioether (sulfide) groups is 1. The van der Waals surface area contributed by atoms with Crippen LogP contribution in [0.1, 0.15) is 12.0 Å². The number of carbonyl (C=O) groups excluding carboxylic acids is 1. The molecule has 2 aromatic carbocycles. The van der Waals surface area contributed by atoms with Crippen LogP contribution in [0, 0.1) is 0 Å². The van der Waals surface area contributed by atoms with Crippen molar-refractivity contribution in [3.8, 4) is 0 Å². The van der Waals surface area contributed by atoms with E-state index >= 15 is 0 Å². The number of aromatic nitrogens is 2. The van der Waals surface area contributed by atoms with Crippen molar-refractivity contribution in [2.75, 3.05) is 7.11 Å². The fourth-order valence-electron chi connectivity index (χ4n) is 2.61. The van der Waals surface area contributed by atoms with Gasteiger partial charge in [0, 0.05) is 17.3 Å². The van der Waals surface area contributed by atoms with Crippen LogP contribution in [0.25, 0.3) is 0 Å². The van der Waals surface area contributed by atoms with Crippen LogP contribution in [0.15, 0.2) is 84.3 Å². The lowest BCUT2D eigenvalue weighted by atomic mass is 10.0. The van der Waals surface area contributed by atoms with Gasteiger partial charge in [-0.3, -0.25) is 4.79 Å². The summed E-state index contributed by atoms with van der Waals surface area (Å²) in [6, 6.07) is 20.0. The van der Waals surface area contributed by atoms with Gasteiger partial charge in [0.25, 0.3) is 0 Å². The first-order chi connectivity index (χ1) is 11.7. The van der Waals surface area contributed by atoms with E-state index in [-0.39, 0.29) is 12.4 Å². The van der Waals surface area contributed by atoms with Crippen LogP contribution < -0.4 is 0 Å². The van der Waals surface area contributed by atoms with E-state index in [4.69, 9.17) is 4.74 Å². The maximum atomic E-state index is 12.2. The maximum absolute atomic E-state index is 12.2. The van der Waals surface area contributed by atoms with Crippen molar-refractivity contribution < 1.29 is 9.53 Å². The standard InChI is InChI=1S/C19H18N2O2S/c1-23-18(22)14-19(21-13-12-20-15-21,16-8-4-2-5-9-16)24-17-10-6-3-7-11-17/h2-13,15H,14H2,1H3. The summed E-state index contributed by atoms with van der Waals surface area (Å²) in [7, 11) is 1.42. The van der Waals surface area contributed by atoms with Crippen molar-refractivity contribution in [3.63, 3.8) is 0 Å². The Hall–Kier alpha value is -2.53. The second-order valence-corrected chi connectivity index (χ2v) is 6.64. The molecule has 122 valence electrons. The molecule has 5 heteroatoms. The van der Waals surface area contributed by atoms with Gasteiger partial charge in [-0.25, -0.2) is 4.98 Å². The molecular weight excluding hydrogens is 320 g/mol. The molecule has 1 heterocycles. The molecule has 3 aromatic rings. The Morgan fingerprint density at radius 3 is 2.38 bits per heavy atom.